The van der Waals surface area contributed by atoms with Crippen molar-refractivity contribution in [2.45, 2.75) is 52.2 Å². The van der Waals surface area contributed by atoms with E-state index in [2.05, 4.69) is 5.32 Å². The molecule has 2 unspecified atom stereocenters. The molecule has 0 aliphatic heterocycles. The van der Waals surface area contributed by atoms with E-state index in [0.717, 1.165) is 0 Å². The lowest BCUT2D eigenvalue weighted by atomic mass is 9.94. The second-order valence-electron chi connectivity index (χ2n) is 6.14. The Hall–Kier alpha value is -1.55. The van der Waals surface area contributed by atoms with E-state index in [-0.39, 0.29) is 12.5 Å². The molecule has 0 bridgehead atoms. The summed E-state index contributed by atoms with van der Waals surface area (Å²) in [6.45, 7) is 7.97. The van der Waals surface area contributed by atoms with E-state index in [0.29, 0.717) is 24.5 Å². The fourth-order valence-electron chi connectivity index (χ4n) is 2.33. The third-order valence-corrected chi connectivity index (χ3v) is 3.18. The van der Waals surface area contributed by atoms with Crippen molar-refractivity contribution in [3.8, 4) is 5.75 Å². The predicted octanol–water partition coefficient (Wildman–Crippen LogP) is 2.76. The number of nitrogens with one attached hydrogen (secondary N) is 1. The van der Waals surface area contributed by atoms with E-state index in [9.17, 15) is 9.90 Å². The number of benzene rings is 1. The molecule has 0 saturated carbocycles. The number of carbonyl (C=O) groups excluding carboxylic acids is 1. The molecule has 118 valence electrons. The van der Waals surface area contributed by atoms with Crippen LogP contribution in [0.2, 0.25) is 0 Å². The van der Waals surface area contributed by atoms with Crippen LogP contribution in [0.15, 0.2) is 30.3 Å². The molecule has 1 aromatic rings. The van der Waals surface area contributed by atoms with Gasteiger partial charge in [-0.25, -0.2) is 0 Å². The molecule has 2 N–H and O–H groups in total. The molecule has 0 aliphatic rings. The summed E-state index contributed by atoms with van der Waals surface area (Å²) in [5.74, 6) is 0.860. The second-order valence-corrected chi connectivity index (χ2v) is 6.14. The highest BCUT2D eigenvalue weighted by molar-refractivity contribution is 5.81. The Bertz CT molecular complexity index is 429. The quantitative estimate of drug-likeness (QED) is 0.775. The molecule has 0 heterocycles. The zero-order valence-electron chi connectivity index (χ0n) is 13.4. The van der Waals surface area contributed by atoms with Gasteiger partial charge < -0.3 is 15.2 Å². The van der Waals surface area contributed by atoms with Crippen LogP contribution < -0.4 is 10.1 Å². The number of para-hydroxylation sites is 1. The first-order valence-electron chi connectivity index (χ1n) is 7.56. The molecule has 2 atom stereocenters. The van der Waals surface area contributed by atoms with Gasteiger partial charge in [-0.1, -0.05) is 39.0 Å². The molecule has 4 nitrogen and oxygen atoms in total. The maximum atomic E-state index is 12.2. The molecule has 0 radical (unpaired) electrons. The predicted molar refractivity (Wildman–Crippen MR) is 84.2 cm³/mol. The van der Waals surface area contributed by atoms with Crippen LogP contribution in [0.5, 0.6) is 5.75 Å². The van der Waals surface area contributed by atoms with Gasteiger partial charge >= 0.3 is 0 Å². The fraction of sp³-hybridized carbons (Fsp3) is 0.588. The van der Waals surface area contributed by atoms with Gasteiger partial charge in [-0.3, -0.25) is 4.79 Å². The summed E-state index contributed by atoms with van der Waals surface area (Å²) >= 11 is 0. The van der Waals surface area contributed by atoms with Crippen molar-refractivity contribution in [2.75, 3.05) is 6.54 Å². The van der Waals surface area contributed by atoms with E-state index >= 15 is 0 Å². The third kappa shape index (κ3) is 6.63. The van der Waals surface area contributed by atoms with Crippen LogP contribution in [-0.4, -0.2) is 29.3 Å². The number of ether oxygens (including phenoxy) is 1. The van der Waals surface area contributed by atoms with Gasteiger partial charge in [0.1, 0.15) is 5.75 Å². The number of aliphatic hydroxyl groups is 1. The summed E-state index contributed by atoms with van der Waals surface area (Å²) in [5, 5.41) is 13.0. The van der Waals surface area contributed by atoms with Gasteiger partial charge in [0.2, 0.25) is 0 Å². The maximum absolute atomic E-state index is 12.2. The number of amides is 1. The highest BCUT2D eigenvalue weighted by Gasteiger charge is 2.25. The van der Waals surface area contributed by atoms with Crippen LogP contribution >= 0.6 is 0 Å². The van der Waals surface area contributed by atoms with Crippen molar-refractivity contribution >= 4 is 5.91 Å². The third-order valence-electron chi connectivity index (χ3n) is 3.18. The summed E-state index contributed by atoms with van der Waals surface area (Å²) in [6.07, 6.45) is 0.679. The maximum Gasteiger partial charge on any atom is 0.261 e. The number of carbonyl (C=O) groups is 1. The first-order valence-corrected chi connectivity index (χ1v) is 7.56. The zero-order chi connectivity index (χ0) is 15.9. The Morgan fingerprint density at radius 3 is 2.48 bits per heavy atom. The Balaban J connectivity index is 2.52. The Morgan fingerprint density at radius 1 is 1.33 bits per heavy atom. The summed E-state index contributed by atoms with van der Waals surface area (Å²) < 4.78 is 5.68. The van der Waals surface area contributed by atoms with Gasteiger partial charge in [0.05, 0.1) is 5.60 Å². The van der Waals surface area contributed by atoms with Crippen molar-refractivity contribution in [2.24, 2.45) is 5.92 Å². The normalized spacial score (nSPS) is 15.3. The monoisotopic (exact) mass is 293 g/mol. The molecule has 21 heavy (non-hydrogen) atoms. The smallest absolute Gasteiger partial charge is 0.261 e. The van der Waals surface area contributed by atoms with E-state index in [1.165, 1.54) is 0 Å². The van der Waals surface area contributed by atoms with Crippen molar-refractivity contribution in [3.05, 3.63) is 30.3 Å². The number of hydrogen-bond acceptors (Lipinski definition) is 3. The number of rotatable bonds is 8. The van der Waals surface area contributed by atoms with Crippen LogP contribution in [0, 0.1) is 5.92 Å². The van der Waals surface area contributed by atoms with Gasteiger partial charge in [-0.2, -0.15) is 0 Å². The summed E-state index contributed by atoms with van der Waals surface area (Å²) in [7, 11) is 0. The lowest BCUT2D eigenvalue weighted by molar-refractivity contribution is -0.129. The van der Waals surface area contributed by atoms with Crippen molar-refractivity contribution in [3.63, 3.8) is 0 Å². The van der Waals surface area contributed by atoms with Crippen LogP contribution in [0.3, 0.4) is 0 Å². The lowest BCUT2D eigenvalue weighted by Crippen LogP contribution is -2.46. The molecule has 0 aromatic heterocycles. The summed E-state index contributed by atoms with van der Waals surface area (Å²) in [4.78, 5) is 12.2. The first kappa shape index (κ1) is 17.5. The van der Waals surface area contributed by atoms with Crippen LogP contribution in [0.1, 0.15) is 40.5 Å². The fourth-order valence-corrected chi connectivity index (χ4v) is 2.33. The SMILES string of the molecule is CCC(Oc1ccccc1)C(=O)NCC(C)(O)CC(C)C. The van der Waals surface area contributed by atoms with Crippen molar-refractivity contribution in [1.29, 1.82) is 0 Å². The summed E-state index contributed by atoms with van der Waals surface area (Å²) in [5.41, 5.74) is -0.894. The Morgan fingerprint density at radius 2 is 1.95 bits per heavy atom. The van der Waals surface area contributed by atoms with E-state index in [1.807, 2.05) is 51.1 Å². The molecule has 4 heteroatoms. The van der Waals surface area contributed by atoms with Gasteiger partial charge in [0.25, 0.3) is 5.91 Å². The van der Waals surface area contributed by atoms with E-state index in [1.54, 1.807) is 6.92 Å². The molecular formula is C17H27NO3. The number of hydrogen-bond donors (Lipinski definition) is 2. The lowest BCUT2D eigenvalue weighted by Gasteiger charge is -2.26. The Kier molecular flexibility index (Phi) is 6.69. The van der Waals surface area contributed by atoms with Crippen molar-refractivity contribution < 1.29 is 14.6 Å². The average molecular weight is 293 g/mol. The van der Waals surface area contributed by atoms with Crippen molar-refractivity contribution in [1.82, 2.24) is 5.32 Å². The van der Waals surface area contributed by atoms with E-state index in [4.69, 9.17) is 4.74 Å². The molecular weight excluding hydrogens is 266 g/mol. The minimum atomic E-state index is -0.894. The minimum absolute atomic E-state index is 0.189. The molecule has 0 saturated heterocycles. The van der Waals surface area contributed by atoms with Crippen LogP contribution in [-0.2, 0) is 4.79 Å². The molecule has 0 spiro atoms. The highest BCUT2D eigenvalue weighted by atomic mass is 16.5. The van der Waals surface area contributed by atoms with Gasteiger partial charge in [0, 0.05) is 6.54 Å². The van der Waals surface area contributed by atoms with Gasteiger partial charge in [-0.15, -0.1) is 0 Å². The largest absolute Gasteiger partial charge is 0.481 e. The highest BCUT2D eigenvalue weighted by Crippen LogP contribution is 2.16. The van der Waals surface area contributed by atoms with Crippen LogP contribution in [0.4, 0.5) is 0 Å². The second kappa shape index (κ2) is 8.03. The molecule has 1 amide bonds. The standard InChI is InChI=1S/C17H27NO3/c1-5-15(21-14-9-7-6-8-10-14)16(19)18-12-17(4,20)11-13(2)3/h6-10,13,15,20H,5,11-12H2,1-4H3,(H,18,19). The van der Waals surface area contributed by atoms with E-state index < -0.39 is 11.7 Å². The van der Waals surface area contributed by atoms with Gasteiger partial charge in [0.15, 0.2) is 6.10 Å². The average Bonchev–Trinajstić information content (AvgIpc) is 2.42. The molecule has 0 fully saturated rings. The molecule has 0 aliphatic carbocycles. The Labute approximate surface area is 127 Å². The molecule has 1 rings (SSSR count). The van der Waals surface area contributed by atoms with Crippen LogP contribution in [0.25, 0.3) is 0 Å². The summed E-state index contributed by atoms with van der Waals surface area (Å²) in [6, 6.07) is 9.29. The zero-order valence-corrected chi connectivity index (χ0v) is 13.4. The minimum Gasteiger partial charge on any atom is -0.481 e. The van der Waals surface area contributed by atoms with Gasteiger partial charge in [-0.05, 0) is 37.8 Å². The first-order chi connectivity index (χ1) is 9.84. The topological polar surface area (TPSA) is 58.6 Å². The molecule has 1 aromatic carbocycles.